The molecule has 1 aliphatic rings. The summed E-state index contributed by atoms with van der Waals surface area (Å²) in [7, 11) is 0. The van der Waals surface area contributed by atoms with Crippen LogP contribution in [0.4, 0.5) is 0 Å². The van der Waals surface area contributed by atoms with Gasteiger partial charge in [-0.1, -0.05) is 6.07 Å². The predicted octanol–water partition coefficient (Wildman–Crippen LogP) is 2.40. The Balaban J connectivity index is 2.02. The second kappa shape index (κ2) is 7.46. The maximum atomic E-state index is 11.4. The molecule has 0 aromatic heterocycles. The van der Waals surface area contributed by atoms with E-state index in [0.717, 1.165) is 31.4 Å². The van der Waals surface area contributed by atoms with Crippen molar-refractivity contribution in [3.63, 3.8) is 0 Å². The second-order valence-corrected chi connectivity index (χ2v) is 5.49. The quantitative estimate of drug-likeness (QED) is 0.784. The van der Waals surface area contributed by atoms with Crippen LogP contribution in [0.3, 0.4) is 0 Å². The summed E-state index contributed by atoms with van der Waals surface area (Å²) < 4.78 is 10.7. The van der Waals surface area contributed by atoms with Crippen molar-refractivity contribution in [3.05, 3.63) is 28.8 Å². The summed E-state index contributed by atoms with van der Waals surface area (Å²) in [5.41, 5.74) is 9.84. The molecule has 0 saturated heterocycles. The van der Waals surface area contributed by atoms with Gasteiger partial charge < -0.3 is 15.2 Å². The van der Waals surface area contributed by atoms with Crippen molar-refractivity contribution in [1.82, 2.24) is 0 Å². The van der Waals surface area contributed by atoms with Crippen LogP contribution in [0.25, 0.3) is 0 Å². The Morgan fingerprint density at radius 1 is 1.29 bits per heavy atom. The molecule has 0 saturated carbocycles. The van der Waals surface area contributed by atoms with Crippen LogP contribution >= 0.6 is 0 Å². The molecule has 0 heterocycles. The van der Waals surface area contributed by atoms with E-state index >= 15 is 0 Å². The number of aryl methyl sites for hydroxylation is 1. The number of fused-ring (bicyclic) bond motifs is 1. The number of ether oxygens (including phenoxy) is 2. The van der Waals surface area contributed by atoms with Gasteiger partial charge in [-0.25, -0.2) is 0 Å². The van der Waals surface area contributed by atoms with Crippen molar-refractivity contribution in [3.8, 4) is 5.75 Å². The summed E-state index contributed by atoms with van der Waals surface area (Å²) in [5.74, 6) is 0.847. The van der Waals surface area contributed by atoms with E-state index in [9.17, 15) is 4.79 Å². The molecule has 0 aliphatic heterocycles. The largest absolute Gasteiger partial charge is 0.494 e. The van der Waals surface area contributed by atoms with Gasteiger partial charge in [0.05, 0.1) is 13.2 Å². The van der Waals surface area contributed by atoms with Gasteiger partial charge in [0.2, 0.25) is 0 Å². The van der Waals surface area contributed by atoms with Crippen LogP contribution in [0.2, 0.25) is 0 Å². The Bertz CT molecular complexity index is 499. The minimum atomic E-state index is -0.120. The van der Waals surface area contributed by atoms with Gasteiger partial charge in [-0.2, -0.15) is 0 Å². The summed E-state index contributed by atoms with van der Waals surface area (Å²) in [6.45, 7) is 4.93. The Hall–Kier alpha value is -1.55. The molecule has 21 heavy (non-hydrogen) atoms. The first-order valence-electron chi connectivity index (χ1n) is 7.82. The zero-order chi connectivity index (χ0) is 15.2. The van der Waals surface area contributed by atoms with Crippen molar-refractivity contribution < 1.29 is 14.3 Å². The average Bonchev–Trinajstić information content (AvgIpc) is 2.80. The summed E-state index contributed by atoms with van der Waals surface area (Å²) in [6, 6.07) is 4.52. The molecule has 1 atom stereocenters. The van der Waals surface area contributed by atoms with Gasteiger partial charge in [-0.3, -0.25) is 4.79 Å². The first-order chi connectivity index (χ1) is 10.1. The van der Waals surface area contributed by atoms with E-state index in [-0.39, 0.29) is 12.0 Å². The van der Waals surface area contributed by atoms with Crippen molar-refractivity contribution in [2.24, 2.45) is 5.73 Å². The van der Waals surface area contributed by atoms with Crippen LogP contribution < -0.4 is 10.5 Å². The van der Waals surface area contributed by atoms with E-state index in [1.54, 1.807) is 0 Å². The third-order valence-corrected chi connectivity index (χ3v) is 3.76. The minimum absolute atomic E-state index is 0.120. The Kier molecular flexibility index (Phi) is 5.62. The molecule has 2 rings (SSSR count). The van der Waals surface area contributed by atoms with E-state index in [1.165, 1.54) is 16.7 Å². The Morgan fingerprint density at radius 3 is 2.81 bits per heavy atom. The Labute approximate surface area is 126 Å². The lowest BCUT2D eigenvalue weighted by Crippen LogP contribution is -2.19. The molecule has 116 valence electrons. The first kappa shape index (κ1) is 15.8. The smallest absolute Gasteiger partial charge is 0.305 e. The van der Waals surface area contributed by atoms with E-state index in [2.05, 4.69) is 12.1 Å². The molecule has 2 N–H and O–H groups in total. The fraction of sp³-hybridized carbons (Fsp3) is 0.588. The molecule has 1 aromatic carbocycles. The van der Waals surface area contributed by atoms with Crippen LogP contribution in [0.15, 0.2) is 12.1 Å². The van der Waals surface area contributed by atoms with Crippen LogP contribution in [-0.4, -0.2) is 25.2 Å². The van der Waals surface area contributed by atoms with Gasteiger partial charge in [-0.15, -0.1) is 0 Å². The van der Waals surface area contributed by atoms with Crippen LogP contribution in [0, 0.1) is 0 Å². The van der Waals surface area contributed by atoms with Crippen molar-refractivity contribution in [2.75, 3.05) is 13.2 Å². The third-order valence-electron chi connectivity index (χ3n) is 3.76. The highest BCUT2D eigenvalue weighted by Crippen LogP contribution is 2.32. The molecule has 0 fully saturated rings. The lowest BCUT2D eigenvalue weighted by atomic mass is 10.0. The molecule has 4 heteroatoms. The molecule has 0 radical (unpaired) electrons. The molecule has 1 aromatic rings. The number of carbonyl (C=O) groups is 1. The summed E-state index contributed by atoms with van der Waals surface area (Å²) in [5, 5.41) is 0. The fourth-order valence-corrected chi connectivity index (χ4v) is 2.90. The molecule has 0 amide bonds. The molecule has 1 aliphatic carbocycles. The number of carbonyl (C=O) groups excluding carboxylic acids is 1. The highest BCUT2D eigenvalue weighted by atomic mass is 16.5. The minimum Gasteiger partial charge on any atom is -0.494 e. The van der Waals surface area contributed by atoms with Crippen LogP contribution in [0.1, 0.15) is 43.4 Å². The second-order valence-electron chi connectivity index (χ2n) is 5.49. The molecule has 4 nitrogen and oxygen atoms in total. The molecular weight excluding hydrogens is 266 g/mol. The monoisotopic (exact) mass is 291 g/mol. The summed E-state index contributed by atoms with van der Waals surface area (Å²) in [6.07, 6.45) is 3.94. The average molecular weight is 291 g/mol. The maximum absolute atomic E-state index is 11.4. The zero-order valence-electron chi connectivity index (χ0n) is 13.0. The Morgan fingerprint density at radius 2 is 2.10 bits per heavy atom. The van der Waals surface area contributed by atoms with Crippen LogP contribution in [0.5, 0.6) is 5.75 Å². The summed E-state index contributed by atoms with van der Waals surface area (Å²) >= 11 is 0. The van der Waals surface area contributed by atoms with Gasteiger partial charge in [0.1, 0.15) is 5.75 Å². The number of nitrogens with two attached hydrogens (primary N) is 1. The third kappa shape index (κ3) is 4.21. The van der Waals surface area contributed by atoms with E-state index in [4.69, 9.17) is 15.2 Å². The topological polar surface area (TPSA) is 61.5 Å². The van der Waals surface area contributed by atoms with Crippen LogP contribution in [-0.2, 0) is 28.8 Å². The van der Waals surface area contributed by atoms with Crippen molar-refractivity contribution in [1.29, 1.82) is 0 Å². The van der Waals surface area contributed by atoms with E-state index < -0.39 is 0 Å². The molecule has 1 unspecified atom stereocenters. The number of hydrogen-bond donors (Lipinski definition) is 1. The maximum Gasteiger partial charge on any atom is 0.305 e. The van der Waals surface area contributed by atoms with Gasteiger partial charge in [0.25, 0.3) is 0 Å². The van der Waals surface area contributed by atoms with E-state index in [0.29, 0.717) is 19.6 Å². The molecule has 0 bridgehead atoms. The standard InChI is InChI=1S/C17H25NO3/c1-3-20-16-9-12(6-5-7-17(19)21-4-2)8-13-10-14(18)11-15(13)16/h8-9,14H,3-7,10-11,18H2,1-2H3. The van der Waals surface area contributed by atoms with Crippen molar-refractivity contribution in [2.45, 2.75) is 52.0 Å². The van der Waals surface area contributed by atoms with Crippen molar-refractivity contribution >= 4 is 5.97 Å². The predicted molar refractivity (Wildman–Crippen MR) is 82.6 cm³/mol. The van der Waals surface area contributed by atoms with Gasteiger partial charge >= 0.3 is 5.97 Å². The number of benzene rings is 1. The SMILES string of the molecule is CCOC(=O)CCCc1cc2c(c(OCC)c1)CC(N)C2. The fourth-order valence-electron chi connectivity index (χ4n) is 2.90. The molecule has 0 spiro atoms. The highest BCUT2D eigenvalue weighted by molar-refractivity contribution is 5.69. The first-order valence-corrected chi connectivity index (χ1v) is 7.82. The van der Waals surface area contributed by atoms with Gasteiger partial charge in [0, 0.05) is 12.5 Å². The zero-order valence-corrected chi connectivity index (χ0v) is 13.0. The van der Waals surface area contributed by atoms with Gasteiger partial charge in [-0.05, 0) is 62.3 Å². The highest BCUT2D eigenvalue weighted by Gasteiger charge is 2.22. The number of hydrogen-bond acceptors (Lipinski definition) is 4. The van der Waals surface area contributed by atoms with Gasteiger partial charge in [0.15, 0.2) is 0 Å². The molecular formula is C17H25NO3. The number of esters is 1. The lowest BCUT2D eigenvalue weighted by molar-refractivity contribution is -0.143. The summed E-state index contributed by atoms with van der Waals surface area (Å²) in [4.78, 5) is 11.4. The number of rotatable bonds is 7. The van der Waals surface area contributed by atoms with E-state index in [1.807, 2.05) is 13.8 Å². The normalized spacial score (nSPS) is 16.6. The lowest BCUT2D eigenvalue weighted by Gasteiger charge is -2.12.